The van der Waals surface area contributed by atoms with Crippen molar-refractivity contribution in [2.24, 2.45) is 23.7 Å². The van der Waals surface area contributed by atoms with Crippen LogP contribution in [0.3, 0.4) is 0 Å². The van der Waals surface area contributed by atoms with Gasteiger partial charge in [-0.15, -0.1) is 0 Å². The van der Waals surface area contributed by atoms with Gasteiger partial charge in [0.1, 0.15) is 18.0 Å². The monoisotopic (exact) mass is 769 g/mol. The van der Waals surface area contributed by atoms with Gasteiger partial charge >= 0.3 is 12.1 Å². The Balaban J connectivity index is 1.54. The number of halogens is 1. The summed E-state index contributed by atoms with van der Waals surface area (Å²) in [6.45, 7) is 11.6. The summed E-state index contributed by atoms with van der Waals surface area (Å²) < 4.78 is 46.4. The normalized spacial score (nSPS) is 38.1. The van der Waals surface area contributed by atoms with Gasteiger partial charge in [-0.1, -0.05) is 65.0 Å². The van der Waals surface area contributed by atoms with Crippen molar-refractivity contribution in [2.75, 3.05) is 20.7 Å². The molecule has 0 saturated carbocycles. The smallest absolute Gasteiger partial charge is 0.408 e. The number of carbonyl (C=O) groups is 4. The average molecular weight is 770 g/mol. The van der Waals surface area contributed by atoms with Crippen molar-refractivity contribution in [3.63, 3.8) is 0 Å². The minimum Gasteiger partial charge on any atom is -0.456 e. The van der Waals surface area contributed by atoms with Crippen LogP contribution in [-0.2, 0) is 38.1 Å². The third-order valence-electron chi connectivity index (χ3n) is 11.7. The fraction of sp³-hybridized carbons (Fsp3) is 0.634. The number of esters is 1. The van der Waals surface area contributed by atoms with E-state index in [4.69, 9.17) is 23.7 Å². The Morgan fingerprint density at radius 2 is 1.73 bits per heavy atom. The Morgan fingerprint density at radius 1 is 1.04 bits per heavy atom. The Hall–Kier alpha value is -3.82. The maximum atomic E-state index is 16.1. The van der Waals surface area contributed by atoms with Crippen LogP contribution in [-0.4, -0.2) is 120 Å². The minimum absolute atomic E-state index is 0.0299. The number of aromatic nitrogens is 1. The summed E-state index contributed by atoms with van der Waals surface area (Å²) >= 11 is 0. The highest BCUT2D eigenvalue weighted by Gasteiger charge is 2.57. The van der Waals surface area contributed by atoms with Crippen LogP contribution in [0.5, 0.6) is 0 Å². The number of ketones is 2. The van der Waals surface area contributed by atoms with Crippen LogP contribution in [0.15, 0.2) is 42.6 Å². The van der Waals surface area contributed by atoms with Crippen molar-refractivity contribution in [3.05, 3.63) is 48.2 Å². The molecule has 0 radical (unpaired) electrons. The Labute approximate surface area is 322 Å². The van der Waals surface area contributed by atoms with Gasteiger partial charge in [0, 0.05) is 41.3 Å². The number of Topliss-reactive ketones (excluding diaryl/α,β-unsaturated/α-hetero) is 2. The second-order valence-electron chi connectivity index (χ2n) is 15.8. The van der Waals surface area contributed by atoms with Gasteiger partial charge in [-0.05, 0) is 58.5 Å². The van der Waals surface area contributed by atoms with Crippen LogP contribution in [0.2, 0.25) is 0 Å². The zero-order valence-electron chi connectivity index (χ0n) is 33.1. The lowest BCUT2D eigenvalue weighted by Gasteiger charge is -2.45. The lowest BCUT2D eigenvalue weighted by Crippen LogP contribution is -2.59. The van der Waals surface area contributed by atoms with Gasteiger partial charge in [0.15, 0.2) is 17.7 Å². The number of amides is 1. The predicted molar refractivity (Wildman–Crippen MR) is 201 cm³/mol. The highest BCUT2D eigenvalue weighted by atomic mass is 19.1. The zero-order chi connectivity index (χ0) is 40.4. The summed E-state index contributed by atoms with van der Waals surface area (Å²) in [4.78, 5) is 60.9. The average Bonchev–Trinajstić information content (AvgIpc) is 3.48. The third kappa shape index (κ3) is 8.93. The SMILES string of the molecule is CC[C@@H]1OC(=O)C(F)C(=O)[C@H](C)[C@@H](O[C@@H]2O[C@H](C)C[C@H](N(C)C)[C@H]2O)[C@H](C)[C@@H](OC/C=C/c2cnc3ccccc3c2)[C@@H](C)C(=O)[C@@H](C)C2NC(=O)O[C@@]21C. The standard InChI is InChI=1S/C41H56FN3O10/c1-10-30-41(7)37(44-40(50)55-41)24(5)32(46)22(3)35(51-17-13-14-26-19-27-15-11-12-16-28(27)43-20-26)25(6)36(23(4)33(47)31(42)38(49)53-30)54-39-34(48)29(45(8)9)18-21(2)52-39/h11-16,19-25,29-31,34-37,39,48H,10,17-18H2,1-9H3,(H,44,50)/b14-13+/t21-,22+,23+,24-,25-,29+,30+,31?,34-,35+,36-,37?,39+,41-/m1/s1. The molecule has 3 aliphatic rings. The van der Waals surface area contributed by atoms with Crippen molar-refractivity contribution in [1.29, 1.82) is 0 Å². The maximum Gasteiger partial charge on any atom is 0.408 e. The molecule has 0 spiro atoms. The number of benzene rings is 1. The van der Waals surface area contributed by atoms with Crippen molar-refractivity contribution < 1.29 is 52.4 Å². The molecule has 1 aromatic carbocycles. The largest absolute Gasteiger partial charge is 0.456 e. The number of hydrogen-bond donors (Lipinski definition) is 2. The number of ether oxygens (including phenoxy) is 5. The number of nitrogens with one attached hydrogen (secondary N) is 1. The van der Waals surface area contributed by atoms with Gasteiger partial charge in [-0.25, -0.2) is 14.0 Å². The van der Waals surface area contributed by atoms with Crippen LogP contribution in [0.1, 0.15) is 66.9 Å². The number of fused-ring (bicyclic) bond motifs is 2. The molecule has 55 heavy (non-hydrogen) atoms. The van der Waals surface area contributed by atoms with E-state index >= 15 is 4.39 Å². The van der Waals surface area contributed by atoms with Crippen LogP contribution in [0.4, 0.5) is 9.18 Å². The highest BCUT2D eigenvalue weighted by Crippen LogP contribution is 2.39. The molecule has 0 aliphatic carbocycles. The molecule has 2 aromatic rings. The number of rotatable bonds is 8. The van der Waals surface area contributed by atoms with Crippen molar-refractivity contribution in [3.8, 4) is 0 Å². The van der Waals surface area contributed by atoms with E-state index in [1.54, 1.807) is 40.0 Å². The Bertz CT molecular complexity index is 1740. The molecule has 13 nitrogen and oxygen atoms in total. The minimum atomic E-state index is -2.71. The van der Waals surface area contributed by atoms with E-state index in [0.29, 0.717) is 6.42 Å². The molecular formula is C41H56FN3O10. The summed E-state index contributed by atoms with van der Waals surface area (Å²) in [5.74, 6) is -6.73. The lowest BCUT2D eigenvalue weighted by atomic mass is 9.74. The lowest BCUT2D eigenvalue weighted by molar-refractivity contribution is -0.282. The molecule has 4 heterocycles. The topological polar surface area (TPSA) is 163 Å². The van der Waals surface area contributed by atoms with E-state index in [1.807, 2.05) is 62.3 Å². The number of alkyl halides is 1. The molecule has 3 saturated heterocycles. The number of alkyl carbamates (subject to hydrolysis) is 1. The van der Waals surface area contributed by atoms with Crippen LogP contribution in [0.25, 0.3) is 17.0 Å². The van der Waals surface area contributed by atoms with Crippen LogP contribution >= 0.6 is 0 Å². The molecule has 1 amide bonds. The fourth-order valence-corrected chi connectivity index (χ4v) is 8.48. The third-order valence-corrected chi connectivity index (χ3v) is 11.7. The van der Waals surface area contributed by atoms with Gasteiger partial charge in [0.25, 0.3) is 6.17 Å². The first-order chi connectivity index (χ1) is 26.0. The van der Waals surface area contributed by atoms with E-state index in [1.165, 1.54) is 13.8 Å². The molecule has 302 valence electrons. The number of aliphatic hydroxyl groups is 1. The molecule has 5 rings (SSSR count). The number of hydrogen-bond acceptors (Lipinski definition) is 12. The molecule has 14 atom stereocenters. The second-order valence-corrected chi connectivity index (χ2v) is 15.8. The van der Waals surface area contributed by atoms with E-state index in [2.05, 4.69) is 10.3 Å². The van der Waals surface area contributed by atoms with Crippen molar-refractivity contribution in [1.82, 2.24) is 15.2 Å². The molecule has 1 aromatic heterocycles. The number of aliphatic hydroxyl groups excluding tert-OH is 1. The number of pyridine rings is 1. The molecule has 3 fully saturated rings. The number of para-hydroxylation sites is 1. The first-order valence-corrected chi connectivity index (χ1v) is 19.2. The first kappa shape index (κ1) is 42.3. The molecule has 14 heteroatoms. The van der Waals surface area contributed by atoms with Crippen molar-refractivity contribution >= 4 is 40.6 Å². The summed E-state index contributed by atoms with van der Waals surface area (Å²) in [6, 6.07) is 8.39. The molecular weight excluding hydrogens is 713 g/mol. The fourth-order valence-electron chi connectivity index (χ4n) is 8.48. The molecule has 3 aliphatic heterocycles. The van der Waals surface area contributed by atoms with Crippen molar-refractivity contribution in [2.45, 2.75) is 122 Å². The van der Waals surface area contributed by atoms with E-state index in [-0.39, 0.29) is 31.0 Å². The van der Waals surface area contributed by atoms with E-state index < -0.39 is 90.0 Å². The molecule has 2 N–H and O–H groups in total. The van der Waals surface area contributed by atoms with Gasteiger partial charge < -0.3 is 39.0 Å². The Morgan fingerprint density at radius 3 is 2.42 bits per heavy atom. The number of nitrogens with zero attached hydrogens (tertiary/aromatic N) is 2. The number of carbonyl (C=O) groups excluding carboxylic acids is 4. The highest BCUT2D eigenvalue weighted by molar-refractivity contribution is 6.03. The van der Waals surface area contributed by atoms with Crippen LogP contribution < -0.4 is 5.32 Å². The van der Waals surface area contributed by atoms with E-state index in [9.17, 15) is 24.3 Å². The summed E-state index contributed by atoms with van der Waals surface area (Å²) in [6.07, 6.45) is -3.62. The maximum absolute atomic E-state index is 16.1. The summed E-state index contributed by atoms with van der Waals surface area (Å²) in [5.41, 5.74) is 0.121. The molecule has 0 bridgehead atoms. The first-order valence-electron chi connectivity index (χ1n) is 19.2. The number of likely N-dealkylation sites (N-methyl/N-ethyl adjacent to an activating group) is 1. The predicted octanol–water partition coefficient (Wildman–Crippen LogP) is 4.67. The van der Waals surface area contributed by atoms with Gasteiger partial charge in [0.2, 0.25) is 0 Å². The molecule has 2 unspecified atom stereocenters. The summed E-state index contributed by atoms with van der Waals surface area (Å²) in [7, 11) is 3.65. The zero-order valence-corrected chi connectivity index (χ0v) is 33.1. The van der Waals surface area contributed by atoms with Gasteiger partial charge in [0.05, 0.1) is 36.5 Å². The van der Waals surface area contributed by atoms with Gasteiger partial charge in [-0.3, -0.25) is 14.6 Å². The summed E-state index contributed by atoms with van der Waals surface area (Å²) in [5, 5.41) is 15.1. The van der Waals surface area contributed by atoms with Crippen LogP contribution in [0, 0.1) is 23.7 Å². The number of cyclic esters (lactones) is 1. The second kappa shape index (κ2) is 17.5. The Kier molecular flexibility index (Phi) is 13.5. The van der Waals surface area contributed by atoms with E-state index in [0.717, 1.165) is 16.5 Å². The van der Waals surface area contributed by atoms with Gasteiger partial charge in [-0.2, -0.15) is 0 Å². The quantitative estimate of drug-likeness (QED) is 0.283.